The van der Waals surface area contributed by atoms with Crippen molar-refractivity contribution in [3.63, 3.8) is 0 Å². The first-order valence-electron chi connectivity index (χ1n) is 8.59. The zero-order chi connectivity index (χ0) is 16.6. The van der Waals surface area contributed by atoms with E-state index in [9.17, 15) is 9.59 Å². The van der Waals surface area contributed by atoms with Gasteiger partial charge < -0.3 is 15.0 Å². The predicted octanol–water partition coefficient (Wildman–Crippen LogP) is 4.26. The van der Waals surface area contributed by atoms with Crippen molar-refractivity contribution >= 4 is 11.8 Å². The molecular weight excluding hydrogens is 280 g/mol. The van der Waals surface area contributed by atoms with Gasteiger partial charge in [0.05, 0.1) is 0 Å². The molecule has 0 aromatic heterocycles. The van der Waals surface area contributed by atoms with E-state index in [2.05, 4.69) is 12.2 Å². The second-order valence-electron chi connectivity index (χ2n) is 5.97. The normalized spacial score (nSPS) is 12.6. The van der Waals surface area contributed by atoms with Crippen LogP contribution >= 0.6 is 0 Å². The molecule has 128 valence electrons. The van der Waals surface area contributed by atoms with Gasteiger partial charge in [-0.3, -0.25) is 0 Å². The number of aliphatic hydroxyl groups excluding tert-OH is 1. The maximum Gasteiger partial charge on any atom is 0.332 e. The number of aliphatic carboxylic acids is 1. The maximum atomic E-state index is 10.8. The minimum Gasteiger partial charge on any atom is -0.479 e. The van der Waals surface area contributed by atoms with Crippen LogP contribution in [0.5, 0.6) is 0 Å². The van der Waals surface area contributed by atoms with Crippen molar-refractivity contribution in [3.8, 4) is 0 Å². The molecule has 4 heteroatoms. The number of carboxylic acid groups (broad SMARTS) is 1. The van der Waals surface area contributed by atoms with Gasteiger partial charge in [-0.1, -0.05) is 44.3 Å². The number of ketones is 1. The lowest BCUT2D eigenvalue weighted by Gasteiger charge is -2.04. The van der Waals surface area contributed by atoms with Crippen LogP contribution in [0.4, 0.5) is 0 Å². The third kappa shape index (κ3) is 15.2. The monoisotopic (exact) mass is 312 g/mol. The van der Waals surface area contributed by atoms with E-state index < -0.39 is 12.1 Å². The molecule has 0 aliphatic heterocycles. The summed E-state index contributed by atoms with van der Waals surface area (Å²) < 4.78 is 0. The molecule has 0 aliphatic carbocycles. The average Bonchev–Trinajstić information content (AvgIpc) is 2.46. The molecule has 0 saturated carbocycles. The average molecular weight is 312 g/mol. The smallest absolute Gasteiger partial charge is 0.332 e. The van der Waals surface area contributed by atoms with Crippen molar-refractivity contribution in [2.45, 2.75) is 90.1 Å². The van der Waals surface area contributed by atoms with Crippen LogP contribution in [-0.4, -0.2) is 28.1 Å². The zero-order valence-corrected chi connectivity index (χ0v) is 13.9. The summed E-state index contributed by atoms with van der Waals surface area (Å²) in [5.41, 5.74) is 0. The van der Waals surface area contributed by atoms with E-state index in [1.165, 1.54) is 12.8 Å². The summed E-state index contributed by atoms with van der Waals surface area (Å²) in [6.45, 7) is 1.65. The fourth-order valence-electron chi connectivity index (χ4n) is 2.30. The number of Topliss-reactive ketones (excluding diaryl/α,β-unsaturated/α-hetero) is 1. The summed E-state index contributed by atoms with van der Waals surface area (Å²) in [5.74, 6) is -0.832. The minimum absolute atomic E-state index is 0.289. The molecule has 0 aromatic rings. The third-order valence-electron chi connectivity index (χ3n) is 3.70. The van der Waals surface area contributed by atoms with Crippen molar-refractivity contribution < 1.29 is 19.8 Å². The van der Waals surface area contributed by atoms with Gasteiger partial charge in [0, 0.05) is 6.42 Å². The van der Waals surface area contributed by atoms with Crippen molar-refractivity contribution in [1.29, 1.82) is 0 Å². The highest BCUT2D eigenvalue weighted by Crippen LogP contribution is 2.09. The number of hydrogen-bond donors (Lipinski definition) is 2. The summed E-state index contributed by atoms with van der Waals surface area (Å²) in [5, 5.41) is 17.6. The van der Waals surface area contributed by atoms with Gasteiger partial charge in [0.2, 0.25) is 0 Å². The Bertz CT molecular complexity index is 323. The molecule has 0 amide bonds. The Morgan fingerprint density at radius 3 is 1.86 bits per heavy atom. The second kappa shape index (κ2) is 14.8. The molecule has 0 fully saturated rings. The van der Waals surface area contributed by atoms with E-state index >= 15 is 0 Å². The quantitative estimate of drug-likeness (QED) is 0.350. The summed E-state index contributed by atoms with van der Waals surface area (Å²) >= 11 is 0. The fourth-order valence-corrected chi connectivity index (χ4v) is 2.30. The number of allylic oxidation sites excluding steroid dienone is 2. The number of hydrogen-bond acceptors (Lipinski definition) is 3. The Labute approximate surface area is 134 Å². The first-order chi connectivity index (χ1) is 10.5. The number of carbonyl (C=O) groups is 2. The Hall–Kier alpha value is -1.16. The number of carboxylic acids is 1. The van der Waals surface area contributed by atoms with Crippen LogP contribution in [0.25, 0.3) is 0 Å². The van der Waals surface area contributed by atoms with E-state index in [1.807, 2.05) is 0 Å². The van der Waals surface area contributed by atoms with Gasteiger partial charge in [-0.05, 0) is 45.4 Å². The topological polar surface area (TPSA) is 74.6 Å². The second-order valence-corrected chi connectivity index (χ2v) is 5.97. The van der Waals surface area contributed by atoms with Crippen LogP contribution in [0.15, 0.2) is 12.2 Å². The van der Waals surface area contributed by atoms with Crippen molar-refractivity contribution in [2.75, 3.05) is 0 Å². The largest absolute Gasteiger partial charge is 0.479 e. The van der Waals surface area contributed by atoms with Gasteiger partial charge in [0.1, 0.15) is 5.78 Å². The highest BCUT2D eigenvalue weighted by molar-refractivity contribution is 5.75. The molecule has 0 heterocycles. The fraction of sp³-hybridized carbons (Fsp3) is 0.778. The molecule has 0 spiro atoms. The number of unbranched alkanes of at least 4 members (excludes halogenated alkanes) is 8. The molecule has 0 aliphatic rings. The van der Waals surface area contributed by atoms with E-state index in [4.69, 9.17) is 10.2 Å². The van der Waals surface area contributed by atoms with Crippen molar-refractivity contribution in [1.82, 2.24) is 0 Å². The van der Waals surface area contributed by atoms with E-state index in [0.29, 0.717) is 6.42 Å². The van der Waals surface area contributed by atoms with Crippen LogP contribution in [-0.2, 0) is 9.59 Å². The van der Waals surface area contributed by atoms with E-state index in [-0.39, 0.29) is 5.78 Å². The Morgan fingerprint density at radius 2 is 1.36 bits per heavy atom. The molecular formula is C18H32O4. The molecule has 0 rings (SSSR count). The number of rotatable bonds is 15. The summed E-state index contributed by atoms with van der Waals surface area (Å²) in [6.07, 6.45) is 15.1. The van der Waals surface area contributed by atoms with Crippen molar-refractivity contribution in [2.24, 2.45) is 0 Å². The first kappa shape index (κ1) is 20.8. The molecule has 1 atom stereocenters. The van der Waals surface area contributed by atoms with Crippen LogP contribution in [0.2, 0.25) is 0 Å². The molecule has 4 nitrogen and oxygen atoms in total. The van der Waals surface area contributed by atoms with Gasteiger partial charge >= 0.3 is 5.97 Å². The highest BCUT2D eigenvalue weighted by atomic mass is 16.4. The Balaban J connectivity index is 3.21. The van der Waals surface area contributed by atoms with Crippen molar-refractivity contribution in [3.05, 3.63) is 12.2 Å². The van der Waals surface area contributed by atoms with Crippen LogP contribution in [0, 0.1) is 0 Å². The Kier molecular flexibility index (Phi) is 14.0. The van der Waals surface area contributed by atoms with Crippen LogP contribution in [0.3, 0.4) is 0 Å². The molecule has 1 unspecified atom stereocenters. The standard InChI is InChI=1S/C18H32O4/c1-16(19)14-12-10-8-6-4-2-3-5-7-9-11-13-15-17(20)18(21)22/h2-3,17,20H,4-15H2,1H3,(H,21,22)/b3-2-. The van der Waals surface area contributed by atoms with E-state index in [0.717, 1.165) is 57.8 Å². The lowest BCUT2D eigenvalue weighted by molar-refractivity contribution is -0.147. The van der Waals surface area contributed by atoms with Crippen LogP contribution in [0.1, 0.15) is 84.0 Å². The molecule has 0 aromatic carbocycles. The SMILES string of the molecule is CC(=O)CCCCCC/C=C\CCCCCCC(O)C(=O)O. The maximum absolute atomic E-state index is 10.8. The summed E-state index contributed by atoms with van der Waals surface area (Å²) in [7, 11) is 0. The van der Waals surface area contributed by atoms with E-state index in [1.54, 1.807) is 6.92 Å². The van der Waals surface area contributed by atoms with Gasteiger partial charge in [0.15, 0.2) is 6.10 Å². The zero-order valence-electron chi connectivity index (χ0n) is 13.9. The lowest BCUT2D eigenvalue weighted by atomic mass is 10.1. The summed E-state index contributed by atoms with van der Waals surface area (Å²) in [6, 6.07) is 0. The summed E-state index contributed by atoms with van der Waals surface area (Å²) in [4.78, 5) is 21.2. The number of carbonyl (C=O) groups excluding carboxylic acids is 1. The van der Waals surface area contributed by atoms with Gasteiger partial charge in [-0.2, -0.15) is 0 Å². The minimum atomic E-state index is -1.20. The molecule has 0 radical (unpaired) electrons. The van der Waals surface area contributed by atoms with Gasteiger partial charge in [0.25, 0.3) is 0 Å². The highest BCUT2D eigenvalue weighted by Gasteiger charge is 2.11. The molecule has 2 N–H and O–H groups in total. The first-order valence-corrected chi connectivity index (χ1v) is 8.59. The third-order valence-corrected chi connectivity index (χ3v) is 3.70. The van der Waals surface area contributed by atoms with Gasteiger partial charge in [-0.25, -0.2) is 4.79 Å². The Morgan fingerprint density at radius 1 is 0.864 bits per heavy atom. The van der Waals surface area contributed by atoms with Crippen LogP contribution < -0.4 is 0 Å². The van der Waals surface area contributed by atoms with Gasteiger partial charge in [-0.15, -0.1) is 0 Å². The molecule has 0 saturated heterocycles. The predicted molar refractivity (Wildman–Crippen MR) is 88.9 cm³/mol. The molecule has 0 bridgehead atoms. The molecule has 22 heavy (non-hydrogen) atoms. The lowest BCUT2D eigenvalue weighted by Crippen LogP contribution is -2.18. The number of aliphatic hydroxyl groups is 1.